The third-order valence-corrected chi connectivity index (χ3v) is 6.04. The molecule has 1 fully saturated rings. The molecule has 184 valence electrons. The van der Waals surface area contributed by atoms with Crippen LogP contribution < -0.4 is 15.1 Å². The molecule has 2 amide bonds. The van der Waals surface area contributed by atoms with Gasteiger partial charge in [0.25, 0.3) is 5.91 Å². The summed E-state index contributed by atoms with van der Waals surface area (Å²) in [6.07, 6.45) is 3.28. The van der Waals surface area contributed by atoms with Gasteiger partial charge in [-0.15, -0.1) is 0 Å². The number of hydrogen-bond donors (Lipinski definition) is 3. The minimum absolute atomic E-state index is 0.164. The highest BCUT2D eigenvalue weighted by Gasteiger charge is 2.38. The number of piperazine rings is 1. The number of aliphatic hydroxyl groups is 1. The number of rotatable bonds is 10. The molecular formula is C24H33N5O5. The molecule has 10 nitrogen and oxygen atoms in total. The van der Waals surface area contributed by atoms with Crippen LogP contribution in [-0.4, -0.2) is 75.4 Å². The van der Waals surface area contributed by atoms with E-state index in [1.54, 1.807) is 23.4 Å². The van der Waals surface area contributed by atoms with E-state index in [1.165, 1.54) is 5.48 Å². The minimum atomic E-state index is -1.64. The van der Waals surface area contributed by atoms with E-state index in [0.29, 0.717) is 51.5 Å². The number of anilines is 1. The van der Waals surface area contributed by atoms with Gasteiger partial charge in [-0.2, -0.15) is 0 Å². The van der Waals surface area contributed by atoms with Gasteiger partial charge in [0.1, 0.15) is 11.9 Å². The van der Waals surface area contributed by atoms with Gasteiger partial charge < -0.3 is 19.6 Å². The maximum absolute atomic E-state index is 13.4. The average Bonchev–Trinajstić information content (AvgIpc) is 2.87. The fourth-order valence-corrected chi connectivity index (χ4v) is 4.24. The first-order valence-electron chi connectivity index (χ1n) is 11.6. The molecular weight excluding hydrogens is 438 g/mol. The summed E-state index contributed by atoms with van der Waals surface area (Å²) in [4.78, 5) is 37.6. The number of nitrogens with one attached hydrogen (secondary N) is 1. The first-order valence-corrected chi connectivity index (χ1v) is 11.6. The first kappa shape index (κ1) is 25.4. The molecule has 1 saturated heterocycles. The third kappa shape index (κ3) is 6.42. The van der Waals surface area contributed by atoms with Crippen molar-refractivity contribution in [2.75, 3.05) is 31.1 Å². The molecule has 0 spiro atoms. The van der Waals surface area contributed by atoms with Crippen LogP contribution in [0.2, 0.25) is 0 Å². The van der Waals surface area contributed by atoms with Gasteiger partial charge in [-0.3, -0.25) is 14.8 Å². The van der Waals surface area contributed by atoms with E-state index in [1.807, 2.05) is 43.0 Å². The molecule has 3 N–H and O–H groups in total. The van der Waals surface area contributed by atoms with Crippen LogP contribution in [0.15, 0.2) is 42.7 Å². The summed E-state index contributed by atoms with van der Waals surface area (Å²) in [5.41, 5.74) is 2.54. The summed E-state index contributed by atoms with van der Waals surface area (Å²) in [7, 11) is 0. The van der Waals surface area contributed by atoms with Gasteiger partial charge >= 0.3 is 0 Å². The van der Waals surface area contributed by atoms with Crippen LogP contribution in [0.5, 0.6) is 5.75 Å². The number of aryl methyl sites for hydroxylation is 1. The Labute approximate surface area is 199 Å². The Bertz CT molecular complexity index is 927. The normalized spacial score (nSPS) is 17.7. The molecule has 1 aliphatic heterocycles. The van der Waals surface area contributed by atoms with E-state index >= 15 is 0 Å². The molecule has 1 aromatic heterocycles. The average molecular weight is 472 g/mol. The number of hydroxylamine groups is 1. The Kier molecular flexibility index (Phi) is 9.17. The second-order valence-electron chi connectivity index (χ2n) is 8.37. The maximum Gasteiger partial charge on any atom is 0.272 e. The van der Waals surface area contributed by atoms with Crippen molar-refractivity contribution in [2.45, 2.75) is 45.3 Å². The lowest BCUT2D eigenvalue weighted by atomic mass is 9.91. The Balaban J connectivity index is 1.63. The molecule has 0 bridgehead atoms. The predicted molar refractivity (Wildman–Crippen MR) is 125 cm³/mol. The van der Waals surface area contributed by atoms with Crippen LogP contribution in [0.1, 0.15) is 32.3 Å². The van der Waals surface area contributed by atoms with Crippen LogP contribution >= 0.6 is 0 Å². The van der Waals surface area contributed by atoms with Crippen molar-refractivity contribution in [3.05, 3.63) is 48.3 Å². The van der Waals surface area contributed by atoms with Gasteiger partial charge in [-0.25, -0.2) is 15.4 Å². The number of carbonyl (C=O) groups is 2. The zero-order valence-corrected chi connectivity index (χ0v) is 19.6. The number of carbonyl (C=O) groups excluding carboxylic acids is 2. The van der Waals surface area contributed by atoms with Gasteiger partial charge in [0.15, 0.2) is 0 Å². The van der Waals surface area contributed by atoms with E-state index < -0.39 is 17.9 Å². The van der Waals surface area contributed by atoms with Crippen LogP contribution in [0, 0.1) is 5.92 Å². The molecule has 2 heterocycles. The number of hydrogen-bond acceptors (Lipinski definition) is 8. The summed E-state index contributed by atoms with van der Waals surface area (Å²) in [5.74, 6) is -0.847. The number of benzene rings is 1. The predicted octanol–water partition coefficient (Wildman–Crippen LogP) is 1.42. The van der Waals surface area contributed by atoms with Crippen molar-refractivity contribution < 1.29 is 24.6 Å². The summed E-state index contributed by atoms with van der Waals surface area (Å²) in [6.45, 7) is 5.94. The Morgan fingerprint density at radius 1 is 1.21 bits per heavy atom. The molecule has 0 aliphatic carbocycles. The second-order valence-corrected chi connectivity index (χ2v) is 8.37. The number of amides is 2. The van der Waals surface area contributed by atoms with Crippen molar-refractivity contribution in [2.24, 2.45) is 5.92 Å². The quantitative estimate of drug-likeness (QED) is 0.351. The Morgan fingerprint density at radius 2 is 1.91 bits per heavy atom. The SMILES string of the molecule is CCOc1ccc(CCC[C@H](C(=O)N2CCN(c3ncccn3)C[C@H]2C)[C@H](O)C(=O)NO)cc1. The summed E-state index contributed by atoms with van der Waals surface area (Å²) < 4.78 is 5.46. The smallest absolute Gasteiger partial charge is 0.272 e. The van der Waals surface area contributed by atoms with Crippen molar-refractivity contribution in [3.63, 3.8) is 0 Å². The van der Waals surface area contributed by atoms with Crippen LogP contribution in [-0.2, 0) is 16.0 Å². The fourth-order valence-electron chi connectivity index (χ4n) is 4.24. The lowest BCUT2D eigenvalue weighted by Gasteiger charge is -2.41. The van der Waals surface area contributed by atoms with Crippen LogP contribution in [0.3, 0.4) is 0 Å². The van der Waals surface area contributed by atoms with Crippen LogP contribution in [0.4, 0.5) is 5.95 Å². The molecule has 34 heavy (non-hydrogen) atoms. The number of ether oxygens (including phenoxy) is 1. The highest BCUT2D eigenvalue weighted by Crippen LogP contribution is 2.23. The molecule has 1 aromatic carbocycles. The van der Waals surface area contributed by atoms with E-state index in [4.69, 9.17) is 9.94 Å². The van der Waals surface area contributed by atoms with E-state index in [0.717, 1.165) is 11.3 Å². The van der Waals surface area contributed by atoms with Crippen molar-refractivity contribution >= 4 is 17.8 Å². The molecule has 0 radical (unpaired) electrons. The Morgan fingerprint density at radius 3 is 2.53 bits per heavy atom. The highest BCUT2D eigenvalue weighted by molar-refractivity contribution is 5.89. The van der Waals surface area contributed by atoms with Crippen LogP contribution in [0.25, 0.3) is 0 Å². The third-order valence-electron chi connectivity index (χ3n) is 6.04. The number of aliphatic hydroxyl groups excluding tert-OH is 1. The highest BCUT2D eigenvalue weighted by atomic mass is 16.5. The molecule has 0 saturated carbocycles. The minimum Gasteiger partial charge on any atom is -0.494 e. The standard InChI is InChI=1S/C24H33N5O5/c1-3-34-19-10-8-18(9-11-19)6-4-7-20(21(30)22(31)27-33)23(32)29-15-14-28(16-17(29)2)24-25-12-5-13-26-24/h5,8-13,17,20-21,30,33H,3-4,6-7,14-16H2,1-2H3,(H,27,31)/t17-,20+,21+/m1/s1. The summed E-state index contributed by atoms with van der Waals surface area (Å²) in [6, 6.07) is 9.30. The van der Waals surface area contributed by atoms with Gasteiger partial charge in [0.2, 0.25) is 11.9 Å². The molecule has 3 rings (SSSR count). The van der Waals surface area contributed by atoms with Gasteiger partial charge in [-0.05, 0) is 56.9 Å². The molecule has 3 atom stereocenters. The fraction of sp³-hybridized carbons (Fsp3) is 0.500. The molecule has 10 heteroatoms. The number of aromatic nitrogens is 2. The van der Waals surface area contributed by atoms with Gasteiger partial charge in [-0.1, -0.05) is 12.1 Å². The maximum atomic E-state index is 13.4. The van der Waals surface area contributed by atoms with E-state index in [2.05, 4.69) is 9.97 Å². The monoisotopic (exact) mass is 471 g/mol. The van der Waals surface area contributed by atoms with E-state index in [9.17, 15) is 14.7 Å². The zero-order valence-electron chi connectivity index (χ0n) is 19.6. The Hall–Kier alpha value is -3.24. The van der Waals surface area contributed by atoms with Gasteiger partial charge in [0, 0.05) is 38.1 Å². The first-order chi connectivity index (χ1) is 16.4. The van der Waals surface area contributed by atoms with Gasteiger partial charge in [0.05, 0.1) is 12.5 Å². The molecule has 1 aliphatic rings. The summed E-state index contributed by atoms with van der Waals surface area (Å²) >= 11 is 0. The molecule has 0 unspecified atom stereocenters. The summed E-state index contributed by atoms with van der Waals surface area (Å²) in [5, 5.41) is 19.5. The van der Waals surface area contributed by atoms with Crippen molar-refractivity contribution in [3.8, 4) is 5.75 Å². The van der Waals surface area contributed by atoms with Crippen molar-refractivity contribution in [1.29, 1.82) is 0 Å². The van der Waals surface area contributed by atoms with Crippen molar-refractivity contribution in [1.82, 2.24) is 20.3 Å². The zero-order chi connectivity index (χ0) is 24.5. The molecule has 2 aromatic rings. The lowest BCUT2D eigenvalue weighted by molar-refractivity contribution is -0.152. The van der Waals surface area contributed by atoms with E-state index in [-0.39, 0.29) is 11.9 Å². The largest absolute Gasteiger partial charge is 0.494 e. The lowest BCUT2D eigenvalue weighted by Crippen LogP contribution is -2.57. The topological polar surface area (TPSA) is 128 Å². The number of nitrogens with zero attached hydrogens (tertiary/aromatic N) is 4. The second kappa shape index (κ2) is 12.3.